The highest BCUT2D eigenvalue weighted by atomic mass is 35.5. The average Bonchev–Trinajstić information content (AvgIpc) is 2.57. The van der Waals surface area contributed by atoms with E-state index in [2.05, 4.69) is 31.2 Å². The van der Waals surface area contributed by atoms with Gasteiger partial charge in [0.1, 0.15) is 0 Å². The van der Waals surface area contributed by atoms with E-state index in [0.29, 0.717) is 6.42 Å². The highest BCUT2D eigenvalue weighted by Crippen LogP contribution is 2.14. The third-order valence-electron chi connectivity index (χ3n) is 4.38. The van der Waals surface area contributed by atoms with Crippen LogP contribution in [0.5, 0.6) is 0 Å². The highest BCUT2D eigenvalue weighted by Gasteiger charge is 2.22. The number of unbranched alkanes of at least 4 members (excludes halogenated alkanes) is 5. The largest absolute Gasteiger partial charge is 0.394 e. The summed E-state index contributed by atoms with van der Waals surface area (Å²) < 4.78 is 0. The van der Waals surface area contributed by atoms with Gasteiger partial charge in [-0.1, -0.05) is 63.3 Å². The molecule has 1 aromatic carbocycles. The van der Waals surface area contributed by atoms with Gasteiger partial charge >= 0.3 is 0 Å². The quantitative estimate of drug-likeness (QED) is 0.508. The van der Waals surface area contributed by atoms with E-state index in [-0.39, 0.29) is 25.6 Å². The predicted molar refractivity (Wildman–Crippen MR) is 100 cm³/mol. The Balaban J connectivity index is 0.00000484. The summed E-state index contributed by atoms with van der Waals surface area (Å²) in [7, 11) is 0. The van der Waals surface area contributed by atoms with Crippen molar-refractivity contribution in [2.24, 2.45) is 5.73 Å². The summed E-state index contributed by atoms with van der Waals surface area (Å²) in [6.07, 6.45) is 10.5. The van der Waals surface area contributed by atoms with Gasteiger partial charge in [0.2, 0.25) is 0 Å². The number of hydrogen-bond donors (Lipinski definition) is 3. The van der Waals surface area contributed by atoms with E-state index in [1.165, 1.54) is 49.7 Å². The Morgan fingerprint density at radius 3 is 1.83 bits per heavy atom. The molecule has 0 radical (unpaired) electrons. The molecule has 0 aliphatic rings. The van der Waals surface area contributed by atoms with Crippen LogP contribution in [-0.4, -0.2) is 29.0 Å². The van der Waals surface area contributed by atoms with Crippen LogP contribution >= 0.6 is 12.4 Å². The zero-order chi connectivity index (χ0) is 16.3. The van der Waals surface area contributed by atoms with Crippen LogP contribution in [0.1, 0.15) is 63.0 Å². The predicted octanol–water partition coefficient (Wildman–Crippen LogP) is 3.63. The van der Waals surface area contributed by atoms with E-state index in [9.17, 15) is 10.2 Å². The lowest BCUT2D eigenvalue weighted by Crippen LogP contribution is -2.47. The van der Waals surface area contributed by atoms with Gasteiger partial charge < -0.3 is 15.9 Å². The summed E-state index contributed by atoms with van der Waals surface area (Å²) in [6, 6.07) is 8.66. The van der Waals surface area contributed by atoms with Crippen molar-refractivity contribution < 1.29 is 10.2 Å². The minimum absolute atomic E-state index is 0. The molecule has 0 atom stereocenters. The van der Waals surface area contributed by atoms with Gasteiger partial charge in [-0.15, -0.1) is 12.4 Å². The number of aliphatic hydroxyl groups excluding tert-OH is 2. The zero-order valence-corrected chi connectivity index (χ0v) is 15.3. The molecule has 0 heterocycles. The van der Waals surface area contributed by atoms with Crippen LogP contribution in [-0.2, 0) is 12.8 Å². The van der Waals surface area contributed by atoms with Crippen LogP contribution in [0.2, 0.25) is 0 Å². The Morgan fingerprint density at radius 1 is 0.826 bits per heavy atom. The Labute approximate surface area is 147 Å². The van der Waals surface area contributed by atoms with Crippen LogP contribution in [0.3, 0.4) is 0 Å². The van der Waals surface area contributed by atoms with E-state index in [1.807, 2.05) is 0 Å². The van der Waals surface area contributed by atoms with Crippen molar-refractivity contribution in [3.05, 3.63) is 35.4 Å². The van der Waals surface area contributed by atoms with Gasteiger partial charge in [0, 0.05) is 0 Å². The topological polar surface area (TPSA) is 66.5 Å². The third-order valence-corrected chi connectivity index (χ3v) is 4.38. The first kappa shape index (κ1) is 22.4. The number of halogens is 1. The molecule has 0 aromatic heterocycles. The van der Waals surface area contributed by atoms with Gasteiger partial charge in [-0.05, 0) is 36.8 Å². The molecule has 0 aliphatic carbocycles. The maximum absolute atomic E-state index is 9.20. The molecule has 0 spiro atoms. The fourth-order valence-corrected chi connectivity index (χ4v) is 2.58. The first-order valence-corrected chi connectivity index (χ1v) is 8.72. The molecule has 0 aliphatic heterocycles. The van der Waals surface area contributed by atoms with Crippen LogP contribution < -0.4 is 5.73 Å². The molecule has 0 saturated heterocycles. The van der Waals surface area contributed by atoms with E-state index >= 15 is 0 Å². The number of aliphatic hydroxyl groups is 2. The van der Waals surface area contributed by atoms with Crippen molar-refractivity contribution in [3.8, 4) is 0 Å². The monoisotopic (exact) mass is 343 g/mol. The van der Waals surface area contributed by atoms with Crippen molar-refractivity contribution in [3.63, 3.8) is 0 Å². The van der Waals surface area contributed by atoms with Gasteiger partial charge in [0.25, 0.3) is 0 Å². The van der Waals surface area contributed by atoms with Crippen molar-refractivity contribution in [1.82, 2.24) is 0 Å². The molecule has 134 valence electrons. The van der Waals surface area contributed by atoms with E-state index in [1.54, 1.807) is 0 Å². The first-order chi connectivity index (χ1) is 10.6. The molecule has 1 aromatic rings. The molecule has 0 fully saturated rings. The first-order valence-electron chi connectivity index (χ1n) is 8.72. The molecule has 0 amide bonds. The molecule has 4 heteroatoms. The van der Waals surface area contributed by atoms with E-state index in [0.717, 1.165) is 12.8 Å². The molecule has 3 nitrogen and oxygen atoms in total. The van der Waals surface area contributed by atoms with Crippen LogP contribution in [0.25, 0.3) is 0 Å². The summed E-state index contributed by atoms with van der Waals surface area (Å²) in [5.41, 5.74) is 7.63. The lowest BCUT2D eigenvalue weighted by Gasteiger charge is -2.24. The SMILES string of the molecule is CCCCCCCCc1ccc(CCC(N)(CO)CO)cc1.Cl. The number of nitrogens with two attached hydrogens (primary N) is 1. The Hall–Kier alpha value is -0.610. The normalized spacial score (nSPS) is 11.3. The molecule has 4 N–H and O–H groups in total. The van der Waals surface area contributed by atoms with Crippen molar-refractivity contribution in [2.75, 3.05) is 13.2 Å². The van der Waals surface area contributed by atoms with Crippen molar-refractivity contribution in [2.45, 2.75) is 70.3 Å². The second-order valence-electron chi connectivity index (χ2n) is 6.51. The third kappa shape index (κ3) is 9.31. The van der Waals surface area contributed by atoms with E-state index < -0.39 is 5.54 Å². The molecule has 0 bridgehead atoms. The fraction of sp³-hybridized carbons (Fsp3) is 0.684. The second kappa shape index (κ2) is 12.8. The molecule has 23 heavy (non-hydrogen) atoms. The summed E-state index contributed by atoms with van der Waals surface area (Å²) in [6.45, 7) is 1.89. The standard InChI is InChI=1S/C19H33NO2.ClH/c1-2-3-4-5-6-7-8-17-9-11-18(12-10-17)13-14-19(20,15-21)16-22;/h9-12,21-22H,2-8,13-16,20H2,1H3;1H. The van der Waals surface area contributed by atoms with Gasteiger partial charge in [-0.3, -0.25) is 0 Å². The zero-order valence-electron chi connectivity index (χ0n) is 14.5. The number of benzene rings is 1. The highest BCUT2D eigenvalue weighted by molar-refractivity contribution is 5.85. The molecule has 0 saturated carbocycles. The van der Waals surface area contributed by atoms with Crippen LogP contribution in [0.15, 0.2) is 24.3 Å². The van der Waals surface area contributed by atoms with Gasteiger partial charge in [0.15, 0.2) is 0 Å². The summed E-state index contributed by atoms with van der Waals surface area (Å²) in [5.74, 6) is 0. The van der Waals surface area contributed by atoms with Crippen molar-refractivity contribution >= 4 is 12.4 Å². The Bertz CT molecular complexity index is 391. The minimum atomic E-state index is -0.864. The van der Waals surface area contributed by atoms with Gasteiger partial charge in [-0.25, -0.2) is 0 Å². The number of hydrogen-bond acceptors (Lipinski definition) is 3. The second-order valence-corrected chi connectivity index (χ2v) is 6.51. The summed E-state index contributed by atoms with van der Waals surface area (Å²) in [5, 5.41) is 18.4. The van der Waals surface area contributed by atoms with E-state index in [4.69, 9.17) is 5.73 Å². The molecule has 1 rings (SSSR count). The lowest BCUT2D eigenvalue weighted by atomic mass is 9.93. The Kier molecular flexibility index (Phi) is 12.4. The molecule has 0 unspecified atom stereocenters. The number of aryl methyl sites for hydroxylation is 2. The smallest absolute Gasteiger partial charge is 0.0633 e. The minimum Gasteiger partial charge on any atom is -0.394 e. The molecular weight excluding hydrogens is 310 g/mol. The van der Waals surface area contributed by atoms with Crippen molar-refractivity contribution in [1.29, 1.82) is 0 Å². The summed E-state index contributed by atoms with van der Waals surface area (Å²) in [4.78, 5) is 0. The lowest BCUT2D eigenvalue weighted by molar-refractivity contribution is 0.115. The fourth-order valence-electron chi connectivity index (χ4n) is 2.58. The maximum Gasteiger partial charge on any atom is 0.0633 e. The van der Waals surface area contributed by atoms with Gasteiger partial charge in [0.05, 0.1) is 18.8 Å². The van der Waals surface area contributed by atoms with Gasteiger partial charge in [-0.2, -0.15) is 0 Å². The van der Waals surface area contributed by atoms with Crippen LogP contribution in [0.4, 0.5) is 0 Å². The number of rotatable bonds is 12. The maximum atomic E-state index is 9.20. The van der Waals surface area contributed by atoms with Crippen LogP contribution in [0, 0.1) is 0 Å². The molecular formula is C19H34ClNO2. The summed E-state index contributed by atoms with van der Waals surface area (Å²) >= 11 is 0. The Morgan fingerprint density at radius 2 is 1.30 bits per heavy atom. The average molecular weight is 344 g/mol.